The fourth-order valence-corrected chi connectivity index (χ4v) is 3.10. The van der Waals surface area contributed by atoms with Crippen molar-refractivity contribution in [3.8, 4) is 0 Å². The van der Waals surface area contributed by atoms with Crippen LogP contribution in [0, 0.1) is 0 Å². The maximum Gasteiger partial charge on any atom is 0.276 e. The summed E-state index contributed by atoms with van der Waals surface area (Å²) in [6.45, 7) is 9.16. The maximum atomic E-state index is 12.7. The Morgan fingerprint density at radius 2 is 2.12 bits per heavy atom. The van der Waals surface area contributed by atoms with E-state index in [0.717, 1.165) is 45.7 Å². The number of oxazole rings is 1. The Morgan fingerprint density at radius 3 is 2.88 bits per heavy atom. The zero-order valence-corrected chi connectivity index (χ0v) is 14.4. The van der Waals surface area contributed by atoms with Gasteiger partial charge in [-0.05, 0) is 13.3 Å². The molecule has 1 amide bonds. The summed E-state index contributed by atoms with van der Waals surface area (Å²) in [4.78, 5) is 21.1. The molecule has 2 aromatic heterocycles. The predicted octanol–water partition coefficient (Wildman–Crippen LogP) is 1.80. The standard InChI is InChI=1S/C17H25N5O2/c1-3-15-16(18-13-24-15)17(23)21-7-5-6-20(8-9-21)11-14-10-19-22(4-2)12-14/h10,12-13H,3-9,11H2,1-2H3. The number of aromatic nitrogens is 3. The topological polar surface area (TPSA) is 67.4 Å². The summed E-state index contributed by atoms with van der Waals surface area (Å²) >= 11 is 0. The summed E-state index contributed by atoms with van der Waals surface area (Å²) in [7, 11) is 0. The third kappa shape index (κ3) is 3.67. The minimum absolute atomic E-state index is 0.0127. The molecule has 1 saturated heterocycles. The molecule has 0 unspecified atom stereocenters. The second-order valence-corrected chi connectivity index (χ2v) is 6.10. The molecule has 2 aromatic rings. The van der Waals surface area contributed by atoms with Crippen molar-refractivity contribution in [2.24, 2.45) is 0 Å². The number of carbonyl (C=O) groups is 1. The van der Waals surface area contributed by atoms with Gasteiger partial charge in [-0.25, -0.2) is 4.98 Å². The molecule has 0 N–H and O–H groups in total. The average Bonchev–Trinajstić information content (AvgIpc) is 3.19. The van der Waals surface area contributed by atoms with Gasteiger partial charge in [0.15, 0.2) is 12.1 Å². The first kappa shape index (κ1) is 16.7. The Balaban J connectivity index is 1.59. The lowest BCUT2D eigenvalue weighted by Gasteiger charge is -2.21. The van der Waals surface area contributed by atoms with E-state index in [2.05, 4.69) is 28.1 Å². The monoisotopic (exact) mass is 331 g/mol. The molecule has 130 valence electrons. The van der Waals surface area contributed by atoms with Crippen molar-refractivity contribution in [2.45, 2.75) is 39.8 Å². The molecule has 3 rings (SSSR count). The average molecular weight is 331 g/mol. The van der Waals surface area contributed by atoms with Gasteiger partial charge in [-0.1, -0.05) is 6.92 Å². The van der Waals surface area contributed by atoms with Gasteiger partial charge in [-0.2, -0.15) is 5.10 Å². The number of hydrogen-bond acceptors (Lipinski definition) is 5. The molecule has 0 saturated carbocycles. The van der Waals surface area contributed by atoms with E-state index in [1.165, 1.54) is 12.0 Å². The van der Waals surface area contributed by atoms with Gasteiger partial charge in [0.05, 0.1) is 6.20 Å². The van der Waals surface area contributed by atoms with Crippen molar-refractivity contribution >= 4 is 5.91 Å². The van der Waals surface area contributed by atoms with Gasteiger partial charge in [0, 0.05) is 57.4 Å². The Hall–Kier alpha value is -2.15. The van der Waals surface area contributed by atoms with Crippen LogP contribution in [0.4, 0.5) is 0 Å². The lowest BCUT2D eigenvalue weighted by molar-refractivity contribution is 0.0753. The minimum Gasteiger partial charge on any atom is -0.448 e. The van der Waals surface area contributed by atoms with E-state index in [9.17, 15) is 4.79 Å². The smallest absolute Gasteiger partial charge is 0.276 e. The fourth-order valence-electron chi connectivity index (χ4n) is 3.10. The van der Waals surface area contributed by atoms with Crippen LogP contribution in [0.1, 0.15) is 42.1 Å². The lowest BCUT2D eigenvalue weighted by atomic mass is 10.2. The molecule has 0 bridgehead atoms. The molecule has 7 nitrogen and oxygen atoms in total. The van der Waals surface area contributed by atoms with E-state index < -0.39 is 0 Å². The van der Waals surface area contributed by atoms with Crippen LogP contribution in [-0.2, 0) is 19.5 Å². The molecule has 1 fully saturated rings. The van der Waals surface area contributed by atoms with Crippen LogP contribution in [0.15, 0.2) is 23.2 Å². The second kappa shape index (κ2) is 7.61. The van der Waals surface area contributed by atoms with E-state index >= 15 is 0 Å². The minimum atomic E-state index is -0.0127. The van der Waals surface area contributed by atoms with E-state index in [-0.39, 0.29) is 5.91 Å². The number of aryl methyl sites for hydroxylation is 2. The SMILES string of the molecule is CCc1ocnc1C(=O)N1CCCN(Cc2cnn(CC)c2)CC1. The maximum absolute atomic E-state index is 12.7. The van der Waals surface area contributed by atoms with Gasteiger partial charge in [0.25, 0.3) is 5.91 Å². The molecule has 0 aromatic carbocycles. The molecule has 7 heteroatoms. The van der Waals surface area contributed by atoms with Crippen LogP contribution in [0.3, 0.4) is 0 Å². The van der Waals surface area contributed by atoms with Crippen LogP contribution in [0.5, 0.6) is 0 Å². The molecule has 0 radical (unpaired) electrons. The van der Waals surface area contributed by atoms with Gasteiger partial charge >= 0.3 is 0 Å². The van der Waals surface area contributed by atoms with E-state index in [1.807, 2.05) is 22.7 Å². The van der Waals surface area contributed by atoms with Crippen molar-refractivity contribution in [3.63, 3.8) is 0 Å². The fraction of sp³-hybridized carbons (Fsp3) is 0.588. The van der Waals surface area contributed by atoms with Gasteiger partial charge in [-0.3, -0.25) is 14.4 Å². The van der Waals surface area contributed by atoms with Gasteiger partial charge in [-0.15, -0.1) is 0 Å². The number of rotatable bonds is 5. The predicted molar refractivity (Wildman–Crippen MR) is 89.6 cm³/mol. The molecule has 3 heterocycles. The Kier molecular flexibility index (Phi) is 5.30. The summed E-state index contributed by atoms with van der Waals surface area (Å²) in [5.41, 5.74) is 1.69. The van der Waals surface area contributed by atoms with E-state index in [4.69, 9.17) is 4.42 Å². The van der Waals surface area contributed by atoms with Crippen molar-refractivity contribution in [1.82, 2.24) is 24.6 Å². The number of hydrogen-bond donors (Lipinski definition) is 0. The van der Waals surface area contributed by atoms with Crippen molar-refractivity contribution in [3.05, 3.63) is 35.8 Å². The molecule has 0 atom stereocenters. The summed E-state index contributed by atoms with van der Waals surface area (Å²) in [5.74, 6) is 0.661. The number of nitrogens with zero attached hydrogens (tertiary/aromatic N) is 5. The highest BCUT2D eigenvalue weighted by Crippen LogP contribution is 2.14. The van der Waals surface area contributed by atoms with Gasteiger partial charge in [0.2, 0.25) is 0 Å². The molecule has 1 aliphatic heterocycles. The van der Waals surface area contributed by atoms with Gasteiger partial charge in [0.1, 0.15) is 5.76 Å². The van der Waals surface area contributed by atoms with Crippen LogP contribution < -0.4 is 0 Å². The van der Waals surface area contributed by atoms with E-state index in [0.29, 0.717) is 17.9 Å². The Bertz CT molecular complexity index is 678. The molecule has 0 aliphatic carbocycles. The van der Waals surface area contributed by atoms with Crippen molar-refractivity contribution in [2.75, 3.05) is 26.2 Å². The van der Waals surface area contributed by atoms with E-state index in [1.54, 1.807) is 0 Å². The molecule has 0 spiro atoms. The summed E-state index contributed by atoms with van der Waals surface area (Å²) in [6.07, 6.45) is 7.04. The number of amides is 1. The van der Waals surface area contributed by atoms with Crippen LogP contribution in [0.2, 0.25) is 0 Å². The zero-order valence-electron chi connectivity index (χ0n) is 14.4. The summed E-state index contributed by atoms with van der Waals surface area (Å²) in [5, 5.41) is 4.33. The normalized spacial score (nSPS) is 16.3. The van der Waals surface area contributed by atoms with Gasteiger partial charge < -0.3 is 9.32 Å². The zero-order chi connectivity index (χ0) is 16.9. The molecule has 1 aliphatic rings. The first-order chi connectivity index (χ1) is 11.7. The summed E-state index contributed by atoms with van der Waals surface area (Å²) < 4.78 is 7.24. The molecular formula is C17H25N5O2. The highest BCUT2D eigenvalue weighted by atomic mass is 16.3. The van der Waals surface area contributed by atoms with Crippen LogP contribution in [0.25, 0.3) is 0 Å². The number of carbonyl (C=O) groups excluding carboxylic acids is 1. The molecule has 24 heavy (non-hydrogen) atoms. The largest absolute Gasteiger partial charge is 0.448 e. The summed E-state index contributed by atoms with van der Waals surface area (Å²) in [6, 6.07) is 0. The molecular weight excluding hydrogens is 306 g/mol. The highest BCUT2D eigenvalue weighted by molar-refractivity contribution is 5.93. The highest BCUT2D eigenvalue weighted by Gasteiger charge is 2.24. The van der Waals surface area contributed by atoms with Crippen molar-refractivity contribution < 1.29 is 9.21 Å². The second-order valence-electron chi connectivity index (χ2n) is 6.10. The Labute approximate surface area is 142 Å². The first-order valence-corrected chi connectivity index (χ1v) is 8.66. The lowest BCUT2D eigenvalue weighted by Crippen LogP contribution is -2.35. The third-order valence-corrected chi connectivity index (χ3v) is 4.46. The quantitative estimate of drug-likeness (QED) is 0.836. The van der Waals surface area contributed by atoms with Crippen molar-refractivity contribution in [1.29, 1.82) is 0 Å². The third-order valence-electron chi connectivity index (χ3n) is 4.46. The van der Waals surface area contributed by atoms with Crippen LogP contribution >= 0.6 is 0 Å². The van der Waals surface area contributed by atoms with Crippen LogP contribution in [-0.4, -0.2) is 56.7 Å². The Morgan fingerprint density at radius 1 is 1.25 bits per heavy atom. The first-order valence-electron chi connectivity index (χ1n) is 8.66.